The Kier molecular flexibility index (Phi) is 7.30. The minimum absolute atomic E-state index is 0.148. The van der Waals surface area contributed by atoms with Gasteiger partial charge in [0.05, 0.1) is 0 Å². The second-order valence-electron chi connectivity index (χ2n) is 5.89. The molecule has 1 fully saturated rings. The standard InChI is InChI=1S/C18H25N3O2/c22-17(19-15-9-7-4-8-10-15)13-14-18(23)21-20-16-11-5-2-1-3-6-12-16/h4,7-10H,1-3,5-6,11-14H2,(H,19,22)(H,21,23). The SMILES string of the molecule is O=C(CCC(=O)Nc1ccccc1)NN=C1CCCCCCC1. The quantitative estimate of drug-likeness (QED) is 0.815. The Morgan fingerprint density at radius 2 is 1.48 bits per heavy atom. The van der Waals surface area contributed by atoms with Crippen LogP contribution in [0.5, 0.6) is 0 Å². The minimum atomic E-state index is -0.206. The van der Waals surface area contributed by atoms with Gasteiger partial charge in [0.15, 0.2) is 0 Å². The number of hydrogen-bond acceptors (Lipinski definition) is 3. The smallest absolute Gasteiger partial charge is 0.240 e. The summed E-state index contributed by atoms with van der Waals surface area (Å²) in [6.45, 7) is 0. The molecule has 0 radical (unpaired) electrons. The fraction of sp³-hybridized carbons (Fsp3) is 0.500. The highest BCUT2D eigenvalue weighted by molar-refractivity contribution is 5.93. The van der Waals surface area contributed by atoms with E-state index >= 15 is 0 Å². The first-order valence-electron chi connectivity index (χ1n) is 8.43. The zero-order chi connectivity index (χ0) is 16.3. The molecule has 0 aromatic heterocycles. The molecule has 5 heteroatoms. The van der Waals surface area contributed by atoms with Crippen LogP contribution in [0.15, 0.2) is 35.4 Å². The molecule has 23 heavy (non-hydrogen) atoms. The zero-order valence-corrected chi connectivity index (χ0v) is 13.5. The van der Waals surface area contributed by atoms with Crippen LogP contribution in [0.1, 0.15) is 57.8 Å². The molecule has 0 heterocycles. The van der Waals surface area contributed by atoms with E-state index in [9.17, 15) is 9.59 Å². The Bertz CT molecular complexity index is 530. The molecular weight excluding hydrogens is 290 g/mol. The summed E-state index contributed by atoms with van der Waals surface area (Å²) in [5, 5.41) is 7.00. The molecule has 1 aliphatic carbocycles. The first kappa shape index (κ1) is 17.2. The molecule has 2 N–H and O–H groups in total. The first-order chi connectivity index (χ1) is 11.2. The monoisotopic (exact) mass is 315 g/mol. The molecule has 0 spiro atoms. The number of hydrazone groups is 1. The van der Waals surface area contributed by atoms with Crippen molar-refractivity contribution < 1.29 is 9.59 Å². The van der Waals surface area contributed by atoms with Crippen LogP contribution in [-0.2, 0) is 9.59 Å². The summed E-state index contributed by atoms with van der Waals surface area (Å²) in [7, 11) is 0. The molecule has 1 saturated carbocycles. The van der Waals surface area contributed by atoms with Gasteiger partial charge in [0.2, 0.25) is 11.8 Å². The average Bonchev–Trinajstić information content (AvgIpc) is 2.53. The number of carbonyl (C=O) groups excluding carboxylic acids is 2. The van der Waals surface area contributed by atoms with Crippen LogP contribution in [0.4, 0.5) is 5.69 Å². The van der Waals surface area contributed by atoms with E-state index < -0.39 is 0 Å². The predicted octanol–water partition coefficient (Wildman–Crippen LogP) is 3.62. The Labute approximate surface area is 137 Å². The van der Waals surface area contributed by atoms with E-state index in [0.29, 0.717) is 0 Å². The van der Waals surface area contributed by atoms with Crippen molar-refractivity contribution in [3.8, 4) is 0 Å². The Morgan fingerprint density at radius 1 is 0.870 bits per heavy atom. The molecule has 0 atom stereocenters. The van der Waals surface area contributed by atoms with Crippen molar-refractivity contribution in [2.75, 3.05) is 5.32 Å². The highest BCUT2D eigenvalue weighted by Gasteiger charge is 2.08. The average molecular weight is 315 g/mol. The van der Waals surface area contributed by atoms with E-state index in [4.69, 9.17) is 0 Å². The molecule has 0 unspecified atom stereocenters. The highest BCUT2D eigenvalue weighted by Crippen LogP contribution is 2.14. The van der Waals surface area contributed by atoms with Crippen molar-refractivity contribution >= 4 is 23.2 Å². The van der Waals surface area contributed by atoms with Gasteiger partial charge in [-0.05, 0) is 37.8 Å². The molecular formula is C18H25N3O2. The third kappa shape index (κ3) is 7.08. The fourth-order valence-electron chi connectivity index (χ4n) is 2.59. The van der Waals surface area contributed by atoms with E-state index in [0.717, 1.165) is 37.1 Å². The lowest BCUT2D eigenvalue weighted by molar-refractivity contribution is -0.124. The fourth-order valence-corrected chi connectivity index (χ4v) is 2.59. The highest BCUT2D eigenvalue weighted by atomic mass is 16.2. The van der Waals surface area contributed by atoms with E-state index in [1.807, 2.05) is 30.3 Å². The van der Waals surface area contributed by atoms with E-state index in [1.165, 1.54) is 19.3 Å². The Morgan fingerprint density at radius 3 is 2.17 bits per heavy atom. The Balaban J connectivity index is 1.68. The number of nitrogens with zero attached hydrogens (tertiary/aromatic N) is 1. The Hall–Kier alpha value is -2.17. The molecule has 0 saturated heterocycles. The van der Waals surface area contributed by atoms with Crippen molar-refractivity contribution in [1.82, 2.24) is 5.43 Å². The number of benzene rings is 1. The second-order valence-corrected chi connectivity index (χ2v) is 5.89. The lowest BCUT2D eigenvalue weighted by atomic mass is 9.99. The molecule has 1 aromatic rings. The molecule has 2 rings (SSSR count). The van der Waals surface area contributed by atoms with Gasteiger partial charge in [-0.3, -0.25) is 9.59 Å². The summed E-state index contributed by atoms with van der Waals surface area (Å²) in [6, 6.07) is 9.23. The molecule has 2 amide bonds. The lowest BCUT2D eigenvalue weighted by Gasteiger charge is -2.11. The van der Waals surface area contributed by atoms with Gasteiger partial charge in [0.1, 0.15) is 0 Å². The summed E-state index contributed by atoms with van der Waals surface area (Å²) in [6.07, 6.45) is 8.32. The van der Waals surface area contributed by atoms with E-state index in [2.05, 4.69) is 15.8 Å². The number of anilines is 1. The number of amides is 2. The number of hydrogen-bond donors (Lipinski definition) is 2. The van der Waals surface area contributed by atoms with Crippen LogP contribution in [0, 0.1) is 0 Å². The van der Waals surface area contributed by atoms with Crippen molar-refractivity contribution in [1.29, 1.82) is 0 Å². The maximum Gasteiger partial charge on any atom is 0.240 e. The molecule has 0 aliphatic heterocycles. The summed E-state index contributed by atoms with van der Waals surface area (Å²) in [4.78, 5) is 23.6. The molecule has 5 nitrogen and oxygen atoms in total. The second kappa shape index (κ2) is 9.77. The third-order valence-corrected chi connectivity index (χ3v) is 3.91. The largest absolute Gasteiger partial charge is 0.326 e. The van der Waals surface area contributed by atoms with Crippen LogP contribution in [-0.4, -0.2) is 17.5 Å². The van der Waals surface area contributed by atoms with Crippen LogP contribution in [0.25, 0.3) is 0 Å². The minimum Gasteiger partial charge on any atom is -0.326 e. The van der Waals surface area contributed by atoms with Gasteiger partial charge in [-0.1, -0.05) is 37.5 Å². The summed E-state index contributed by atoms with van der Waals surface area (Å²) < 4.78 is 0. The number of rotatable bonds is 5. The van der Waals surface area contributed by atoms with Crippen LogP contribution >= 0.6 is 0 Å². The number of para-hydroxylation sites is 1. The van der Waals surface area contributed by atoms with Crippen molar-refractivity contribution in [2.45, 2.75) is 57.8 Å². The topological polar surface area (TPSA) is 70.6 Å². The van der Waals surface area contributed by atoms with Crippen LogP contribution in [0.2, 0.25) is 0 Å². The maximum absolute atomic E-state index is 11.8. The van der Waals surface area contributed by atoms with Crippen molar-refractivity contribution in [2.24, 2.45) is 5.10 Å². The summed E-state index contributed by atoms with van der Waals surface area (Å²) in [5.41, 5.74) is 4.41. The number of nitrogens with one attached hydrogen (secondary N) is 2. The summed E-state index contributed by atoms with van der Waals surface area (Å²) in [5.74, 6) is -0.368. The van der Waals surface area contributed by atoms with Gasteiger partial charge >= 0.3 is 0 Å². The third-order valence-electron chi connectivity index (χ3n) is 3.91. The van der Waals surface area contributed by atoms with E-state index in [1.54, 1.807) is 0 Å². The van der Waals surface area contributed by atoms with Gasteiger partial charge in [0, 0.05) is 24.2 Å². The first-order valence-corrected chi connectivity index (χ1v) is 8.43. The van der Waals surface area contributed by atoms with Crippen LogP contribution in [0.3, 0.4) is 0 Å². The van der Waals surface area contributed by atoms with Crippen molar-refractivity contribution in [3.05, 3.63) is 30.3 Å². The molecule has 124 valence electrons. The zero-order valence-electron chi connectivity index (χ0n) is 13.5. The normalized spacial score (nSPS) is 15.2. The maximum atomic E-state index is 11.8. The summed E-state index contributed by atoms with van der Waals surface area (Å²) >= 11 is 0. The van der Waals surface area contributed by atoms with Gasteiger partial charge in [-0.25, -0.2) is 5.43 Å². The lowest BCUT2D eigenvalue weighted by Crippen LogP contribution is -2.22. The van der Waals surface area contributed by atoms with Gasteiger partial charge < -0.3 is 5.32 Å². The van der Waals surface area contributed by atoms with Crippen molar-refractivity contribution in [3.63, 3.8) is 0 Å². The van der Waals surface area contributed by atoms with Gasteiger partial charge in [0.25, 0.3) is 0 Å². The van der Waals surface area contributed by atoms with Gasteiger partial charge in [-0.15, -0.1) is 0 Å². The molecule has 1 aromatic carbocycles. The predicted molar refractivity (Wildman–Crippen MR) is 92.2 cm³/mol. The van der Waals surface area contributed by atoms with E-state index in [-0.39, 0.29) is 24.7 Å². The number of carbonyl (C=O) groups is 2. The molecule has 1 aliphatic rings. The molecule has 0 bridgehead atoms. The van der Waals surface area contributed by atoms with Gasteiger partial charge in [-0.2, -0.15) is 5.10 Å². The van der Waals surface area contributed by atoms with Crippen LogP contribution < -0.4 is 10.7 Å².